The molecular weight excluding hydrogens is 343 g/mol. The summed E-state index contributed by atoms with van der Waals surface area (Å²) in [5.41, 5.74) is 2.04. The highest BCUT2D eigenvalue weighted by Crippen LogP contribution is 2.22. The minimum Gasteiger partial charge on any atom is -0.365 e. The molecule has 0 aliphatic carbocycles. The molecule has 138 valence electrons. The van der Waals surface area contributed by atoms with Crippen LogP contribution in [0.1, 0.15) is 35.2 Å². The summed E-state index contributed by atoms with van der Waals surface area (Å²) in [5.74, 6) is 0.331. The van der Waals surface area contributed by atoms with Gasteiger partial charge in [-0.25, -0.2) is 14.4 Å². The first-order valence-electron chi connectivity index (χ1n) is 9.24. The van der Waals surface area contributed by atoms with E-state index in [1.165, 1.54) is 18.8 Å². The topological polar surface area (TPSA) is 58.1 Å². The van der Waals surface area contributed by atoms with Gasteiger partial charge in [-0.1, -0.05) is 18.2 Å². The van der Waals surface area contributed by atoms with Crippen LogP contribution in [-0.2, 0) is 6.54 Å². The number of carbonyl (C=O) groups excluding carboxylic acids is 1. The lowest BCUT2D eigenvalue weighted by molar-refractivity contribution is 0.0724. The Morgan fingerprint density at radius 1 is 1.04 bits per heavy atom. The minimum atomic E-state index is -0.362. The largest absolute Gasteiger partial charge is 0.365 e. The van der Waals surface area contributed by atoms with E-state index in [2.05, 4.69) is 15.3 Å². The van der Waals surface area contributed by atoms with Gasteiger partial charge in [0.2, 0.25) is 0 Å². The van der Waals surface area contributed by atoms with Crippen molar-refractivity contribution in [3.05, 3.63) is 65.7 Å². The first kappa shape index (κ1) is 17.4. The van der Waals surface area contributed by atoms with Gasteiger partial charge in [0.25, 0.3) is 5.91 Å². The third-order valence-corrected chi connectivity index (χ3v) is 4.92. The molecule has 3 aromatic rings. The van der Waals surface area contributed by atoms with Crippen LogP contribution in [0.15, 0.2) is 48.8 Å². The van der Waals surface area contributed by atoms with Gasteiger partial charge in [0.15, 0.2) is 0 Å². The zero-order valence-electron chi connectivity index (χ0n) is 15.0. The van der Waals surface area contributed by atoms with Crippen LogP contribution in [0.4, 0.5) is 10.2 Å². The molecule has 0 bridgehead atoms. The number of carbonyl (C=O) groups is 1. The van der Waals surface area contributed by atoms with Crippen LogP contribution in [0, 0.1) is 5.82 Å². The molecule has 27 heavy (non-hydrogen) atoms. The predicted octanol–water partition coefficient (Wildman–Crippen LogP) is 4.01. The van der Waals surface area contributed by atoms with Crippen molar-refractivity contribution in [3.8, 4) is 0 Å². The monoisotopic (exact) mass is 364 g/mol. The summed E-state index contributed by atoms with van der Waals surface area (Å²) in [6, 6.07) is 12.4. The number of benzene rings is 2. The third-order valence-electron chi connectivity index (χ3n) is 4.92. The Hall–Kier alpha value is -3.02. The van der Waals surface area contributed by atoms with Crippen LogP contribution in [0.5, 0.6) is 0 Å². The van der Waals surface area contributed by atoms with Gasteiger partial charge in [-0.2, -0.15) is 0 Å². The lowest BCUT2D eigenvalue weighted by Crippen LogP contribution is -2.35. The van der Waals surface area contributed by atoms with Gasteiger partial charge in [0, 0.05) is 30.6 Å². The first-order valence-corrected chi connectivity index (χ1v) is 9.24. The highest BCUT2D eigenvalue weighted by molar-refractivity contribution is 5.94. The molecular formula is C21H21FN4O. The number of halogens is 1. The second kappa shape index (κ2) is 7.70. The maximum Gasteiger partial charge on any atom is 0.253 e. The number of para-hydroxylation sites is 1. The number of anilines is 1. The highest BCUT2D eigenvalue weighted by Gasteiger charge is 2.17. The lowest BCUT2D eigenvalue weighted by Gasteiger charge is -2.26. The number of likely N-dealkylation sites (tertiary alicyclic amines) is 1. The van der Waals surface area contributed by atoms with Crippen molar-refractivity contribution in [2.75, 3.05) is 18.4 Å². The average Bonchev–Trinajstić information content (AvgIpc) is 2.73. The van der Waals surface area contributed by atoms with Gasteiger partial charge in [-0.15, -0.1) is 0 Å². The fraction of sp³-hybridized carbons (Fsp3) is 0.286. The Labute approximate surface area is 157 Å². The Morgan fingerprint density at radius 3 is 2.59 bits per heavy atom. The summed E-state index contributed by atoms with van der Waals surface area (Å²) >= 11 is 0. The molecule has 0 saturated carbocycles. The van der Waals surface area contributed by atoms with Crippen molar-refractivity contribution in [2.24, 2.45) is 0 Å². The maximum atomic E-state index is 13.8. The third kappa shape index (κ3) is 3.74. The van der Waals surface area contributed by atoms with Crippen LogP contribution < -0.4 is 5.32 Å². The van der Waals surface area contributed by atoms with Gasteiger partial charge in [0.1, 0.15) is 23.5 Å². The number of fused-ring (bicyclic) bond motifs is 1. The van der Waals surface area contributed by atoms with E-state index in [0.717, 1.165) is 37.1 Å². The van der Waals surface area contributed by atoms with Crippen molar-refractivity contribution in [3.63, 3.8) is 0 Å². The molecule has 5 nitrogen and oxygen atoms in total. The summed E-state index contributed by atoms with van der Waals surface area (Å²) in [7, 11) is 0. The van der Waals surface area contributed by atoms with Crippen LogP contribution in [0.3, 0.4) is 0 Å². The summed E-state index contributed by atoms with van der Waals surface area (Å²) in [5, 5.41) is 3.88. The second-order valence-electron chi connectivity index (χ2n) is 6.76. The van der Waals surface area contributed by atoms with Crippen LogP contribution in [0.2, 0.25) is 0 Å². The predicted molar refractivity (Wildman–Crippen MR) is 103 cm³/mol. The SMILES string of the molecule is O=C(c1ccc(CNc2ncnc3c(F)cccc23)cc1)N1CCCCC1. The molecule has 1 amide bonds. The van der Waals surface area contributed by atoms with Crippen molar-refractivity contribution in [2.45, 2.75) is 25.8 Å². The molecule has 0 atom stereocenters. The standard InChI is InChI=1S/C21H21FN4O/c22-18-6-4-5-17-19(18)24-14-25-20(17)23-13-15-7-9-16(10-8-15)21(27)26-11-2-1-3-12-26/h4-10,14H,1-3,11-13H2,(H,23,24,25). The molecule has 1 aromatic heterocycles. The van der Waals surface area contributed by atoms with Gasteiger partial charge in [-0.3, -0.25) is 4.79 Å². The zero-order valence-corrected chi connectivity index (χ0v) is 15.0. The number of hydrogen-bond donors (Lipinski definition) is 1. The fourth-order valence-electron chi connectivity index (χ4n) is 3.42. The van der Waals surface area contributed by atoms with Crippen molar-refractivity contribution < 1.29 is 9.18 Å². The molecule has 0 spiro atoms. The van der Waals surface area contributed by atoms with Gasteiger partial charge < -0.3 is 10.2 Å². The zero-order chi connectivity index (χ0) is 18.6. The molecule has 1 aliphatic rings. The van der Waals surface area contributed by atoms with E-state index in [9.17, 15) is 9.18 Å². The summed E-state index contributed by atoms with van der Waals surface area (Å²) in [6.07, 6.45) is 4.73. The minimum absolute atomic E-state index is 0.103. The molecule has 4 rings (SSSR count). The van der Waals surface area contributed by atoms with Crippen molar-refractivity contribution >= 4 is 22.6 Å². The van der Waals surface area contributed by atoms with E-state index in [1.807, 2.05) is 29.2 Å². The van der Waals surface area contributed by atoms with Crippen LogP contribution in [-0.4, -0.2) is 33.9 Å². The van der Waals surface area contributed by atoms with Gasteiger partial charge >= 0.3 is 0 Å². The van der Waals surface area contributed by atoms with Crippen molar-refractivity contribution in [1.29, 1.82) is 0 Å². The van der Waals surface area contributed by atoms with Crippen molar-refractivity contribution in [1.82, 2.24) is 14.9 Å². The number of amides is 1. The van der Waals surface area contributed by atoms with E-state index >= 15 is 0 Å². The molecule has 0 unspecified atom stereocenters. The number of piperidine rings is 1. The van der Waals surface area contributed by atoms with Crippen LogP contribution >= 0.6 is 0 Å². The van der Waals surface area contributed by atoms with E-state index in [4.69, 9.17) is 0 Å². The smallest absolute Gasteiger partial charge is 0.253 e. The normalized spacial score (nSPS) is 14.3. The quantitative estimate of drug-likeness (QED) is 0.760. The Bertz CT molecular complexity index is 952. The Morgan fingerprint density at radius 2 is 1.81 bits per heavy atom. The molecule has 6 heteroatoms. The number of nitrogens with zero attached hydrogens (tertiary/aromatic N) is 3. The Balaban J connectivity index is 1.45. The number of nitrogens with one attached hydrogen (secondary N) is 1. The van der Waals surface area contributed by atoms with E-state index in [0.29, 0.717) is 23.3 Å². The maximum absolute atomic E-state index is 13.8. The molecule has 1 aliphatic heterocycles. The second-order valence-corrected chi connectivity index (χ2v) is 6.76. The molecule has 1 fully saturated rings. The number of rotatable bonds is 4. The highest BCUT2D eigenvalue weighted by atomic mass is 19.1. The fourth-order valence-corrected chi connectivity index (χ4v) is 3.42. The summed E-state index contributed by atoms with van der Waals surface area (Å²) < 4.78 is 13.8. The van der Waals surface area contributed by atoms with Crippen LogP contribution in [0.25, 0.3) is 10.9 Å². The molecule has 1 saturated heterocycles. The molecule has 0 radical (unpaired) electrons. The molecule has 1 N–H and O–H groups in total. The number of hydrogen-bond acceptors (Lipinski definition) is 4. The van der Waals surface area contributed by atoms with Gasteiger partial charge in [-0.05, 0) is 49.1 Å². The number of aromatic nitrogens is 2. The van der Waals surface area contributed by atoms with E-state index < -0.39 is 0 Å². The van der Waals surface area contributed by atoms with Gasteiger partial charge in [0.05, 0.1) is 0 Å². The lowest BCUT2D eigenvalue weighted by atomic mass is 10.1. The average molecular weight is 364 g/mol. The summed E-state index contributed by atoms with van der Waals surface area (Å²) in [6.45, 7) is 2.22. The summed E-state index contributed by atoms with van der Waals surface area (Å²) in [4.78, 5) is 22.7. The molecule has 2 heterocycles. The Kier molecular flexibility index (Phi) is 4.96. The van der Waals surface area contributed by atoms with E-state index in [1.54, 1.807) is 12.1 Å². The van der Waals surface area contributed by atoms with E-state index in [-0.39, 0.29) is 11.7 Å². The molecule has 2 aromatic carbocycles. The first-order chi connectivity index (χ1) is 13.2.